The molecule has 0 saturated carbocycles. The van der Waals surface area contributed by atoms with E-state index in [2.05, 4.69) is 34.7 Å². The van der Waals surface area contributed by atoms with Crippen LogP contribution in [0.25, 0.3) is 11.1 Å². The van der Waals surface area contributed by atoms with Crippen molar-refractivity contribution in [3.05, 3.63) is 46.4 Å². The molecule has 12 heavy (non-hydrogen) atoms. The summed E-state index contributed by atoms with van der Waals surface area (Å²) in [6, 6.07) is 12.2. The van der Waals surface area contributed by atoms with E-state index < -0.39 is 0 Å². The highest BCUT2D eigenvalue weighted by Gasteiger charge is 1.99. The Hall–Kier alpha value is -0.770. The van der Waals surface area contributed by atoms with Gasteiger partial charge in [-0.2, -0.15) is 0 Å². The molecule has 60 valence electrons. The third-order valence-corrected chi connectivity index (χ3v) is 2.24. The lowest BCUT2D eigenvalue weighted by atomic mass is 10.1. The van der Waals surface area contributed by atoms with Gasteiger partial charge in [-0.3, -0.25) is 0 Å². The Bertz CT molecular complexity index is 364. The molecule has 2 aromatic rings. The SMILES string of the molecule is Ic1cc(-c2ccccc2)co1. The van der Waals surface area contributed by atoms with E-state index in [9.17, 15) is 0 Å². The predicted octanol–water partition coefficient (Wildman–Crippen LogP) is 3.55. The second-order valence-electron chi connectivity index (χ2n) is 2.51. The summed E-state index contributed by atoms with van der Waals surface area (Å²) in [7, 11) is 0. The first-order chi connectivity index (χ1) is 5.86. The molecule has 0 spiro atoms. The normalized spacial score (nSPS) is 10.1. The second kappa shape index (κ2) is 3.31. The largest absolute Gasteiger partial charge is 0.458 e. The van der Waals surface area contributed by atoms with E-state index in [4.69, 9.17) is 4.42 Å². The highest BCUT2D eigenvalue weighted by Crippen LogP contribution is 2.22. The summed E-state index contributed by atoms with van der Waals surface area (Å²) in [4.78, 5) is 0. The molecule has 0 aliphatic heterocycles. The second-order valence-corrected chi connectivity index (χ2v) is 3.57. The van der Waals surface area contributed by atoms with E-state index in [0.717, 1.165) is 9.33 Å². The number of hydrogen-bond donors (Lipinski definition) is 0. The molecule has 0 N–H and O–H groups in total. The van der Waals surface area contributed by atoms with Crippen molar-refractivity contribution in [1.29, 1.82) is 0 Å². The van der Waals surface area contributed by atoms with Gasteiger partial charge in [0.05, 0.1) is 6.26 Å². The van der Waals surface area contributed by atoms with Gasteiger partial charge in [-0.05, 0) is 34.2 Å². The van der Waals surface area contributed by atoms with Gasteiger partial charge in [-0.1, -0.05) is 30.3 Å². The molecule has 0 bridgehead atoms. The summed E-state index contributed by atoms with van der Waals surface area (Å²) in [6.45, 7) is 0. The molecule has 2 rings (SSSR count). The lowest BCUT2D eigenvalue weighted by Gasteiger charge is -1.92. The number of furan rings is 1. The van der Waals surface area contributed by atoms with Crippen LogP contribution >= 0.6 is 22.6 Å². The highest BCUT2D eigenvalue weighted by molar-refractivity contribution is 14.1. The van der Waals surface area contributed by atoms with Gasteiger partial charge in [0.25, 0.3) is 0 Å². The first kappa shape index (κ1) is 7.86. The van der Waals surface area contributed by atoms with Gasteiger partial charge in [0.2, 0.25) is 0 Å². The van der Waals surface area contributed by atoms with Crippen LogP contribution in [0.2, 0.25) is 0 Å². The summed E-state index contributed by atoms with van der Waals surface area (Å²) >= 11 is 2.16. The summed E-state index contributed by atoms with van der Waals surface area (Å²) < 4.78 is 6.13. The van der Waals surface area contributed by atoms with Crippen LogP contribution in [0.5, 0.6) is 0 Å². The van der Waals surface area contributed by atoms with Crippen molar-refractivity contribution < 1.29 is 4.42 Å². The molecule has 2 heteroatoms. The Kier molecular flexibility index (Phi) is 2.17. The minimum absolute atomic E-state index is 0.923. The van der Waals surface area contributed by atoms with Crippen LogP contribution < -0.4 is 0 Å². The summed E-state index contributed by atoms with van der Waals surface area (Å²) in [6.07, 6.45) is 1.77. The van der Waals surface area contributed by atoms with Gasteiger partial charge < -0.3 is 4.42 Å². The van der Waals surface area contributed by atoms with Crippen molar-refractivity contribution in [2.45, 2.75) is 0 Å². The maximum atomic E-state index is 5.21. The minimum Gasteiger partial charge on any atom is -0.458 e. The lowest BCUT2D eigenvalue weighted by molar-refractivity contribution is 0.538. The molecule has 0 radical (unpaired) electrons. The van der Waals surface area contributed by atoms with Gasteiger partial charge in [0.1, 0.15) is 0 Å². The van der Waals surface area contributed by atoms with Gasteiger partial charge in [0.15, 0.2) is 3.77 Å². The minimum atomic E-state index is 0.923. The molecule has 1 heterocycles. The van der Waals surface area contributed by atoms with Crippen LogP contribution in [0.3, 0.4) is 0 Å². The zero-order valence-corrected chi connectivity index (χ0v) is 8.49. The van der Waals surface area contributed by atoms with Gasteiger partial charge in [-0.15, -0.1) is 0 Å². The molecule has 0 aliphatic carbocycles. The number of rotatable bonds is 1. The molecule has 1 aromatic carbocycles. The Balaban J connectivity index is 2.45. The molecule has 0 unspecified atom stereocenters. The molecule has 0 atom stereocenters. The zero-order valence-electron chi connectivity index (χ0n) is 6.33. The number of hydrogen-bond acceptors (Lipinski definition) is 1. The fraction of sp³-hybridized carbons (Fsp3) is 0. The molecule has 1 aromatic heterocycles. The molecular formula is C10H7IO. The number of benzene rings is 1. The van der Waals surface area contributed by atoms with Crippen LogP contribution in [0, 0.1) is 3.77 Å². The maximum absolute atomic E-state index is 5.21. The Morgan fingerprint density at radius 2 is 1.75 bits per heavy atom. The van der Waals surface area contributed by atoms with E-state index in [0.29, 0.717) is 0 Å². The van der Waals surface area contributed by atoms with Crippen molar-refractivity contribution in [1.82, 2.24) is 0 Å². The van der Waals surface area contributed by atoms with Crippen LogP contribution in [0.15, 0.2) is 47.1 Å². The zero-order chi connectivity index (χ0) is 8.39. The fourth-order valence-electron chi connectivity index (χ4n) is 1.09. The average molecular weight is 270 g/mol. The molecule has 0 fully saturated rings. The lowest BCUT2D eigenvalue weighted by Crippen LogP contribution is -1.69. The molecule has 1 nitrogen and oxygen atoms in total. The standard InChI is InChI=1S/C10H7IO/c11-10-6-9(7-12-10)8-4-2-1-3-5-8/h1-7H. The quantitative estimate of drug-likeness (QED) is 0.722. The summed E-state index contributed by atoms with van der Waals surface area (Å²) in [5, 5.41) is 0. The van der Waals surface area contributed by atoms with E-state index in [1.165, 1.54) is 5.56 Å². The third-order valence-electron chi connectivity index (χ3n) is 1.67. The smallest absolute Gasteiger partial charge is 0.164 e. The third kappa shape index (κ3) is 1.53. The van der Waals surface area contributed by atoms with Crippen molar-refractivity contribution >= 4 is 22.6 Å². The topological polar surface area (TPSA) is 13.1 Å². The van der Waals surface area contributed by atoms with Crippen LogP contribution in [0.1, 0.15) is 0 Å². The van der Waals surface area contributed by atoms with Crippen LogP contribution in [-0.4, -0.2) is 0 Å². The Morgan fingerprint density at radius 3 is 2.33 bits per heavy atom. The monoisotopic (exact) mass is 270 g/mol. The summed E-state index contributed by atoms with van der Waals surface area (Å²) in [5.41, 5.74) is 2.34. The fourth-order valence-corrected chi connectivity index (χ4v) is 1.55. The molecular weight excluding hydrogens is 263 g/mol. The van der Waals surface area contributed by atoms with Crippen LogP contribution in [-0.2, 0) is 0 Å². The summed E-state index contributed by atoms with van der Waals surface area (Å²) in [5.74, 6) is 0. The first-order valence-corrected chi connectivity index (χ1v) is 4.73. The van der Waals surface area contributed by atoms with Gasteiger partial charge >= 0.3 is 0 Å². The Morgan fingerprint density at radius 1 is 1.00 bits per heavy atom. The van der Waals surface area contributed by atoms with Crippen LogP contribution in [0.4, 0.5) is 0 Å². The van der Waals surface area contributed by atoms with E-state index >= 15 is 0 Å². The van der Waals surface area contributed by atoms with Gasteiger partial charge in [-0.25, -0.2) is 0 Å². The van der Waals surface area contributed by atoms with Crippen molar-refractivity contribution in [3.8, 4) is 11.1 Å². The highest BCUT2D eigenvalue weighted by atomic mass is 127. The van der Waals surface area contributed by atoms with E-state index in [-0.39, 0.29) is 0 Å². The number of halogens is 1. The van der Waals surface area contributed by atoms with Crippen molar-refractivity contribution in [3.63, 3.8) is 0 Å². The van der Waals surface area contributed by atoms with Crippen molar-refractivity contribution in [2.75, 3.05) is 0 Å². The van der Waals surface area contributed by atoms with E-state index in [1.807, 2.05) is 24.3 Å². The van der Waals surface area contributed by atoms with Crippen molar-refractivity contribution in [2.24, 2.45) is 0 Å². The average Bonchev–Trinajstić information content (AvgIpc) is 2.54. The Labute approximate surface area is 84.5 Å². The first-order valence-electron chi connectivity index (χ1n) is 3.66. The van der Waals surface area contributed by atoms with E-state index in [1.54, 1.807) is 6.26 Å². The predicted molar refractivity (Wildman–Crippen MR) is 56.9 cm³/mol. The molecule has 0 amide bonds. The molecule has 0 aliphatic rings. The maximum Gasteiger partial charge on any atom is 0.164 e. The van der Waals surface area contributed by atoms with Gasteiger partial charge in [0, 0.05) is 5.56 Å². The molecule has 0 saturated heterocycles.